The number of rotatable bonds is 5. The number of hydrogen-bond donors (Lipinski definition) is 0. The van der Waals surface area contributed by atoms with Crippen molar-refractivity contribution in [3.8, 4) is 34.2 Å². The van der Waals surface area contributed by atoms with Crippen molar-refractivity contribution in [2.45, 2.75) is 0 Å². The van der Waals surface area contributed by atoms with Crippen LogP contribution < -0.4 is 9.64 Å². The van der Waals surface area contributed by atoms with E-state index >= 15 is 0 Å². The Morgan fingerprint density at radius 1 is 1.03 bits per heavy atom. The molecule has 4 aromatic rings. The maximum absolute atomic E-state index is 14.5. The van der Waals surface area contributed by atoms with E-state index in [0.717, 1.165) is 37.6 Å². The number of aromatic nitrogens is 5. The first kappa shape index (κ1) is 22.2. The zero-order valence-corrected chi connectivity index (χ0v) is 19.6. The second-order valence-electron chi connectivity index (χ2n) is 8.05. The van der Waals surface area contributed by atoms with E-state index in [1.54, 1.807) is 41.3 Å². The molecule has 0 saturated carbocycles. The summed E-state index contributed by atoms with van der Waals surface area (Å²) in [6.07, 6.45) is 5.09. The van der Waals surface area contributed by atoms with Gasteiger partial charge in [-0.25, -0.2) is 24.0 Å². The molecule has 10 heteroatoms. The van der Waals surface area contributed by atoms with Gasteiger partial charge in [0.15, 0.2) is 11.6 Å². The van der Waals surface area contributed by atoms with Gasteiger partial charge in [0, 0.05) is 55.2 Å². The monoisotopic (exact) mass is 479 g/mol. The minimum absolute atomic E-state index is 0.215. The molecule has 8 nitrogen and oxygen atoms in total. The van der Waals surface area contributed by atoms with Gasteiger partial charge >= 0.3 is 0 Å². The van der Waals surface area contributed by atoms with Gasteiger partial charge in [0.1, 0.15) is 17.4 Å². The SMILES string of the molecule is COc1cccc(F)c1-c1nccc(-c2cnn(-c3cc(Cl)cc(N4CCN(C)CC4)n3)c2)n1. The molecular weight excluding hydrogens is 457 g/mol. The number of anilines is 1. The van der Waals surface area contributed by atoms with Crippen LogP contribution >= 0.6 is 11.6 Å². The molecule has 5 rings (SSSR count). The number of halogens is 2. The lowest BCUT2D eigenvalue weighted by molar-refractivity contribution is 0.312. The van der Waals surface area contributed by atoms with Crippen LogP contribution in [0.4, 0.5) is 10.2 Å². The summed E-state index contributed by atoms with van der Waals surface area (Å²) in [7, 11) is 3.60. The number of hydrogen-bond acceptors (Lipinski definition) is 7. The highest BCUT2D eigenvalue weighted by Gasteiger charge is 2.18. The molecule has 0 aliphatic carbocycles. The lowest BCUT2D eigenvalue weighted by Gasteiger charge is -2.33. The van der Waals surface area contributed by atoms with Crippen molar-refractivity contribution in [2.75, 3.05) is 45.2 Å². The van der Waals surface area contributed by atoms with Crippen LogP contribution in [-0.2, 0) is 0 Å². The molecule has 1 fully saturated rings. The van der Waals surface area contributed by atoms with Crippen molar-refractivity contribution in [2.24, 2.45) is 0 Å². The number of nitrogens with zero attached hydrogens (tertiary/aromatic N) is 7. The summed E-state index contributed by atoms with van der Waals surface area (Å²) in [6.45, 7) is 3.71. The summed E-state index contributed by atoms with van der Waals surface area (Å²) in [4.78, 5) is 18.1. The molecule has 4 heterocycles. The van der Waals surface area contributed by atoms with Crippen molar-refractivity contribution in [1.29, 1.82) is 0 Å². The van der Waals surface area contributed by atoms with Crippen LogP contribution in [0.5, 0.6) is 5.75 Å². The first-order valence-corrected chi connectivity index (χ1v) is 11.2. The largest absolute Gasteiger partial charge is 0.496 e. The molecule has 0 N–H and O–H groups in total. The van der Waals surface area contributed by atoms with Crippen molar-refractivity contribution in [1.82, 2.24) is 29.6 Å². The van der Waals surface area contributed by atoms with E-state index in [9.17, 15) is 4.39 Å². The van der Waals surface area contributed by atoms with E-state index in [-0.39, 0.29) is 11.4 Å². The van der Waals surface area contributed by atoms with Crippen LogP contribution in [0, 0.1) is 5.82 Å². The van der Waals surface area contributed by atoms with Crippen LogP contribution in [0.3, 0.4) is 0 Å². The van der Waals surface area contributed by atoms with Crippen LogP contribution in [-0.4, -0.2) is 70.0 Å². The smallest absolute Gasteiger partial charge is 0.166 e. The molecule has 0 atom stereocenters. The van der Waals surface area contributed by atoms with Gasteiger partial charge in [-0.1, -0.05) is 17.7 Å². The number of methoxy groups -OCH3 is 1. The minimum atomic E-state index is -0.452. The van der Waals surface area contributed by atoms with Crippen molar-refractivity contribution < 1.29 is 9.13 Å². The predicted molar refractivity (Wildman–Crippen MR) is 129 cm³/mol. The van der Waals surface area contributed by atoms with Gasteiger partial charge in [-0.05, 0) is 31.3 Å². The zero-order chi connectivity index (χ0) is 23.7. The van der Waals surface area contributed by atoms with Crippen LogP contribution in [0.2, 0.25) is 5.02 Å². The average molecular weight is 480 g/mol. The Bertz CT molecular complexity index is 1320. The molecule has 0 unspecified atom stereocenters. The van der Waals surface area contributed by atoms with Gasteiger partial charge in [0.2, 0.25) is 0 Å². The number of piperazine rings is 1. The quantitative estimate of drug-likeness (QED) is 0.429. The Labute approximate surface area is 201 Å². The van der Waals surface area contributed by atoms with Crippen molar-refractivity contribution in [3.63, 3.8) is 0 Å². The Morgan fingerprint density at radius 3 is 2.62 bits per heavy atom. The highest BCUT2D eigenvalue weighted by atomic mass is 35.5. The molecule has 0 radical (unpaired) electrons. The lowest BCUT2D eigenvalue weighted by Crippen LogP contribution is -2.44. The first-order chi connectivity index (χ1) is 16.5. The Morgan fingerprint density at radius 2 is 1.82 bits per heavy atom. The fraction of sp³-hybridized carbons (Fsp3) is 0.250. The van der Waals surface area contributed by atoms with Gasteiger partial charge < -0.3 is 14.5 Å². The van der Waals surface area contributed by atoms with E-state index < -0.39 is 5.82 Å². The molecule has 3 aromatic heterocycles. The first-order valence-electron chi connectivity index (χ1n) is 10.8. The molecule has 1 aliphatic heterocycles. The fourth-order valence-corrected chi connectivity index (χ4v) is 4.09. The molecule has 0 amide bonds. The molecule has 0 spiro atoms. The molecule has 34 heavy (non-hydrogen) atoms. The van der Waals surface area contributed by atoms with Gasteiger partial charge in [-0.3, -0.25) is 0 Å². The third kappa shape index (κ3) is 4.44. The summed E-state index contributed by atoms with van der Waals surface area (Å²) >= 11 is 6.42. The lowest BCUT2D eigenvalue weighted by atomic mass is 10.1. The average Bonchev–Trinajstić information content (AvgIpc) is 3.34. The Kier molecular flexibility index (Phi) is 6.12. The summed E-state index contributed by atoms with van der Waals surface area (Å²) < 4.78 is 21.5. The van der Waals surface area contributed by atoms with Crippen LogP contribution in [0.25, 0.3) is 28.5 Å². The third-order valence-electron chi connectivity index (χ3n) is 5.78. The predicted octanol–water partition coefficient (Wildman–Crippen LogP) is 3.94. The molecule has 1 aromatic carbocycles. The van der Waals surface area contributed by atoms with E-state index in [4.69, 9.17) is 21.3 Å². The normalized spacial score (nSPS) is 14.4. The highest BCUT2D eigenvalue weighted by Crippen LogP contribution is 2.31. The van der Waals surface area contributed by atoms with E-state index in [1.165, 1.54) is 13.2 Å². The topological polar surface area (TPSA) is 72.2 Å². The van der Waals surface area contributed by atoms with Gasteiger partial charge in [-0.2, -0.15) is 5.10 Å². The number of ether oxygens (including phenoxy) is 1. The number of benzene rings is 1. The van der Waals surface area contributed by atoms with Crippen molar-refractivity contribution in [3.05, 3.63) is 65.8 Å². The van der Waals surface area contributed by atoms with Crippen LogP contribution in [0.1, 0.15) is 0 Å². The van der Waals surface area contributed by atoms with E-state index in [0.29, 0.717) is 22.3 Å². The standard InChI is InChI=1S/C24H23ClFN7O/c1-31-8-10-32(11-9-31)21-12-17(25)13-22(30-21)33-15-16(14-28-33)19-6-7-27-24(29-19)23-18(26)4-3-5-20(23)34-2/h3-7,12-15H,8-11H2,1-2H3. The van der Waals surface area contributed by atoms with E-state index in [2.05, 4.69) is 31.9 Å². The number of likely N-dealkylation sites (N-methyl/N-ethyl adjacent to an activating group) is 1. The maximum Gasteiger partial charge on any atom is 0.166 e. The summed E-state index contributed by atoms with van der Waals surface area (Å²) in [5.74, 6) is 1.58. The zero-order valence-electron chi connectivity index (χ0n) is 18.8. The van der Waals surface area contributed by atoms with Gasteiger partial charge in [0.05, 0.1) is 24.6 Å². The second-order valence-corrected chi connectivity index (χ2v) is 8.48. The molecule has 0 bridgehead atoms. The highest BCUT2D eigenvalue weighted by molar-refractivity contribution is 6.31. The van der Waals surface area contributed by atoms with Gasteiger partial charge in [-0.15, -0.1) is 0 Å². The number of pyridine rings is 1. The summed E-state index contributed by atoms with van der Waals surface area (Å²) in [5, 5.41) is 5.06. The maximum atomic E-state index is 14.5. The van der Waals surface area contributed by atoms with Gasteiger partial charge in [0.25, 0.3) is 0 Å². The molecule has 174 valence electrons. The third-order valence-corrected chi connectivity index (χ3v) is 6.00. The Hall–Kier alpha value is -3.56. The Balaban J connectivity index is 1.46. The molecule has 1 aliphatic rings. The second kappa shape index (κ2) is 9.36. The minimum Gasteiger partial charge on any atom is -0.496 e. The summed E-state index contributed by atoms with van der Waals surface area (Å²) in [6, 6.07) is 10.0. The van der Waals surface area contributed by atoms with Crippen LogP contribution in [0.15, 0.2) is 55.0 Å². The summed E-state index contributed by atoms with van der Waals surface area (Å²) in [5.41, 5.74) is 1.55. The van der Waals surface area contributed by atoms with Crippen molar-refractivity contribution >= 4 is 17.4 Å². The molecular formula is C24H23ClFN7O. The fourth-order valence-electron chi connectivity index (χ4n) is 3.90. The molecule has 1 saturated heterocycles. The van der Waals surface area contributed by atoms with E-state index in [1.807, 2.05) is 12.3 Å².